The highest BCUT2D eigenvalue weighted by atomic mass is 16.5. The molecule has 0 saturated carbocycles. The van der Waals surface area contributed by atoms with Crippen LogP contribution in [0.3, 0.4) is 0 Å². The molecule has 1 aromatic rings. The molecular weight excluding hydrogens is 380 g/mol. The molecule has 0 amide bonds. The van der Waals surface area contributed by atoms with Crippen molar-refractivity contribution in [3.05, 3.63) is 23.3 Å². The van der Waals surface area contributed by atoms with Gasteiger partial charge in [-0.25, -0.2) is 0 Å². The number of benzene rings is 1. The highest BCUT2D eigenvalue weighted by Gasteiger charge is 2.41. The van der Waals surface area contributed by atoms with Crippen molar-refractivity contribution in [1.29, 1.82) is 0 Å². The van der Waals surface area contributed by atoms with Gasteiger partial charge in [0.1, 0.15) is 12.1 Å². The zero-order valence-corrected chi connectivity index (χ0v) is 19.3. The first-order valence-corrected chi connectivity index (χ1v) is 11.2. The predicted molar refractivity (Wildman–Crippen MR) is 118 cm³/mol. The molecule has 1 saturated heterocycles. The van der Waals surface area contributed by atoms with Gasteiger partial charge in [-0.2, -0.15) is 0 Å². The van der Waals surface area contributed by atoms with Crippen LogP contribution in [0.25, 0.3) is 0 Å². The van der Waals surface area contributed by atoms with E-state index in [1.807, 2.05) is 13.8 Å². The van der Waals surface area contributed by atoms with Crippen molar-refractivity contribution in [1.82, 2.24) is 4.90 Å². The quantitative estimate of drug-likeness (QED) is 0.683. The first-order chi connectivity index (χ1) is 14.2. The topological polar surface area (TPSA) is 74.0 Å². The lowest BCUT2D eigenvalue weighted by Crippen LogP contribution is -2.51. The summed E-state index contributed by atoms with van der Waals surface area (Å²) in [5.74, 6) is 2.18. The Labute approximate surface area is 181 Å². The Morgan fingerprint density at radius 2 is 1.83 bits per heavy atom. The van der Waals surface area contributed by atoms with Gasteiger partial charge in [-0.3, -0.25) is 9.69 Å². The third-order valence-electron chi connectivity index (χ3n) is 6.60. The number of ether oxygens (including phenoxy) is 3. The monoisotopic (exact) mass is 418 g/mol. The summed E-state index contributed by atoms with van der Waals surface area (Å²) in [4.78, 5) is 15.2. The van der Waals surface area contributed by atoms with Crippen LogP contribution in [0.5, 0.6) is 11.5 Å². The molecule has 3 rings (SSSR count). The smallest absolute Gasteiger partial charge is 0.323 e. The normalized spacial score (nSPS) is 24.9. The molecule has 0 bridgehead atoms. The molecule has 2 aliphatic heterocycles. The lowest BCUT2D eigenvalue weighted by molar-refractivity contribution is -0.160. The van der Waals surface area contributed by atoms with Crippen LogP contribution in [0.2, 0.25) is 0 Å². The zero-order chi connectivity index (χ0) is 22.0. The second kappa shape index (κ2) is 9.56. The van der Waals surface area contributed by atoms with Crippen molar-refractivity contribution in [2.45, 2.75) is 65.1 Å². The number of hydrogen-bond acceptors (Lipinski definition) is 6. The van der Waals surface area contributed by atoms with Gasteiger partial charge >= 0.3 is 5.97 Å². The number of fused-ring (bicyclic) bond motifs is 3. The number of carbonyl (C=O) groups excluding carboxylic acids is 1. The average molecular weight is 419 g/mol. The molecule has 1 fully saturated rings. The Morgan fingerprint density at radius 3 is 2.43 bits per heavy atom. The van der Waals surface area contributed by atoms with Gasteiger partial charge in [-0.15, -0.1) is 0 Å². The lowest BCUT2D eigenvalue weighted by Gasteiger charge is -2.47. The molecule has 168 valence electrons. The van der Waals surface area contributed by atoms with Crippen molar-refractivity contribution in [2.24, 2.45) is 23.5 Å². The molecule has 2 N–H and O–H groups in total. The number of nitrogens with two attached hydrogens (primary N) is 1. The van der Waals surface area contributed by atoms with Crippen LogP contribution in [0.1, 0.15) is 57.7 Å². The minimum Gasteiger partial charge on any atom is -0.493 e. The number of carbonyl (C=O) groups is 1. The van der Waals surface area contributed by atoms with Crippen LogP contribution < -0.4 is 15.2 Å². The van der Waals surface area contributed by atoms with Crippen LogP contribution in [0.15, 0.2) is 12.1 Å². The Hall–Kier alpha value is -1.79. The van der Waals surface area contributed by atoms with Crippen molar-refractivity contribution < 1.29 is 19.0 Å². The van der Waals surface area contributed by atoms with Crippen molar-refractivity contribution in [3.8, 4) is 11.5 Å². The molecule has 0 spiro atoms. The van der Waals surface area contributed by atoms with Crippen LogP contribution in [0.4, 0.5) is 0 Å². The standard InChI is InChI=1S/C24H38N2O4/c1-14(2)9-17-13-26-8-7-16-10-21(28-5)22(29-6)11-18(16)19(26)12-20(17)30-24(27)23(25)15(3)4/h10-11,14-15,17,19-20,23H,7-9,12-13,25H2,1-6H3/t17-,19-,20?,23-/m1/s1. The third-order valence-corrected chi connectivity index (χ3v) is 6.60. The van der Waals surface area contributed by atoms with E-state index in [0.29, 0.717) is 11.8 Å². The van der Waals surface area contributed by atoms with Crippen molar-refractivity contribution >= 4 is 5.97 Å². The minimum atomic E-state index is -0.578. The van der Waals surface area contributed by atoms with E-state index in [9.17, 15) is 4.79 Å². The van der Waals surface area contributed by atoms with Gasteiger partial charge in [-0.05, 0) is 47.9 Å². The van der Waals surface area contributed by atoms with Crippen LogP contribution >= 0.6 is 0 Å². The molecule has 4 atom stereocenters. The van der Waals surface area contributed by atoms with E-state index in [2.05, 4.69) is 30.9 Å². The molecule has 30 heavy (non-hydrogen) atoms. The van der Waals surface area contributed by atoms with E-state index in [1.165, 1.54) is 11.1 Å². The fourth-order valence-electron chi connectivity index (χ4n) is 4.88. The van der Waals surface area contributed by atoms with Gasteiger partial charge in [0.25, 0.3) is 0 Å². The molecule has 1 unspecified atom stereocenters. The number of nitrogens with zero attached hydrogens (tertiary/aromatic N) is 1. The van der Waals surface area contributed by atoms with E-state index in [0.717, 1.165) is 43.9 Å². The molecule has 1 aromatic carbocycles. The summed E-state index contributed by atoms with van der Waals surface area (Å²) in [6, 6.07) is 3.84. The largest absolute Gasteiger partial charge is 0.493 e. The number of esters is 1. The predicted octanol–water partition coefficient (Wildman–Crippen LogP) is 3.56. The third kappa shape index (κ3) is 4.75. The first kappa shape index (κ1) is 22.9. The van der Waals surface area contributed by atoms with Crippen LogP contribution in [-0.4, -0.2) is 50.3 Å². The summed E-state index contributed by atoms with van der Waals surface area (Å²) in [5.41, 5.74) is 8.64. The van der Waals surface area contributed by atoms with Crippen molar-refractivity contribution in [2.75, 3.05) is 27.3 Å². The van der Waals surface area contributed by atoms with E-state index in [1.54, 1.807) is 14.2 Å². The molecule has 0 radical (unpaired) electrons. The second-order valence-corrected chi connectivity index (χ2v) is 9.54. The Morgan fingerprint density at radius 1 is 1.17 bits per heavy atom. The van der Waals surface area contributed by atoms with Gasteiger partial charge in [0.2, 0.25) is 0 Å². The van der Waals surface area contributed by atoms with Crippen molar-refractivity contribution in [3.63, 3.8) is 0 Å². The maximum absolute atomic E-state index is 12.7. The summed E-state index contributed by atoms with van der Waals surface area (Å²) in [6.45, 7) is 10.3. The average Bonchev–Trinajstić information content (AvgIpc) is 2.71. The highest BCUT2D eigenvalue weighted by molar-refractivity contribution is 5.76. The van der Waals surface area contributed by atoms with Gasteiger partial charge in [-0.1, -0.05) is 27.7 Å². The Kier molecular flexibility index (Phi) is 7.30. The van der Waals surface area contributed by atoms with E-state index in [4.69, 9.17) is 19.9 Å². The number of methoxy groups -OCH3 is 2. The molecule has 2 aliphatic rings. The number of piperidine rings is 1. The Bertz CT molecular complexity index is 749. The summed E-state index contributed by atoms with van der Waals surface area (Å²) in [7, 11) is 3.34. The summed E-state index contributed by atoms with van der Waals surface area (Å²) >= 11 is 0. The minimum absolute atomic E-state index is 0.0632. The molecule has 6 nitrogen and oxygen atoms in total. The lowest BCUT2D eigenvalue weighted by atomic mass is 9.79. The van der Waals surface area contributed by atoms with Crippen LogP contribution in [-0.2, 0) is 16.0 Å². The van der Waals surface area contributed by atoms with E-state index >= 15 is 0 Å². The zero-order valence-electron chi connectivity index (χ0n) is 19.3. The molecule has 6 heteroatoms. The molecule has 0 aliphatic carbocycles. The van der Waals surface area contributed by atoms with Gasteiger partial charge < -0.3 is 19.9 Å². The molecule has 2 heterocycles. The highest BCUT2D eigenvalue weighted by Crippen LogP contribution is 2.44. The maximum Gasteiger partial charge on any atom is 0.323 e. The number of hydrogen-bond donors (Lipinski definition) is 1. The molecule has 0 aromatic heterocycles. The summed E-state index contributed by atoms with van der Waals surface area (Å²) in [5, 5.41) is 0. The van der Waals surface area contributed by atoms with E-state index < -0.39 is 6.04 Å². The van der Waals surface area contributed by atoms with Gasteiger partial charge in [0, 0.05) is 31.5 Å². The summed E-state index contributed by atoms with van der Waals surface area (Å²) in [6.07, 6.45) is 2.70. The molecular formula is C24H38N2O4. The second-order valence-electron chi connectivity index (χ2n) is 9.54. The maximum atomic E-state index is 12.7. The Balaban J connectivity index is 1.88. The van der Waals surface area contributed by atoms with Gasteiger partial charge in [0.05, 0.1) is 14.2 Å². The van der Waals surface area contributed by atoms with Gasteiger partial charge in [0.15, 0.2) is 11.5 Å². The fourth-order valence-corrected chi connectivity index (χ4v) is 4.88. The summed E-state index contributed by atoms with van der Waals surface area (Å²) < 4.78 is 17.1. The van der Waals surface area contributed by atoms with Crippen LogP contribution in [0, 0.1) is 17.8 Å². The van der Waals surface area contributed by atoms with E-state index in [-0.39, 0.29) is 24.0 Å². The SMILES string of the molecule is COc1cc2c(cc1OC)[C@H]1CC(OC(=O)[C@H](N)C(C)C)[C@H](CC(C)C)CN1CC2. The number of rotatable bonds is 7. The fraction of sp³-hybridized carbons (Fsp3) is 0.708. The first-order valence-electron chi connectivity index (χ1n) is 11.2.